The highest BCUT2D eigenvalue weighted by Gasteiger charge is 2.72. The van der Waals surface area contributed by atoms with Gasteiger partial charge in [0.05, 0.1) is 11.0 Å². The van der Waals surface area contributed by atoms with Gasteiger partial charge in [-0.15, -0.1) is 0 Å². The Morgan fingerprint density at radius 2 is 1.49 bits per heavy atom. The second-order valence-corrected chi connectivity index (χ2v) is 17.0. The van der Waals surface area contributed by atoms with Crippen LogP contribution < -0.4 is 0 Å². The molecule has 43 heavy (non-hydrogen) atoms. The predicted octanol–water partition coefficient (Wildman–Crippen LogP) is 9.31. The van der Waals surface area contributed by atoms with E-state index < -0.39 is 29.0 Å². The minimum atomic E-state index is -0.779. The van der Waals surface area contributed by atoms with Gasteiger partial charge >= 0.3 is 11.9 Å². The number of ether oxygens (including phenoxy) is 1. The first-order valence-corrected chi connectivity index (χ1v) is 16.9. The molecule has 0 aromatic heterocycles. The van der Waals surface area contributed by atoms with Gasteiger partial charge in [0.2, 0.25) is 0 Å². The van der Waals surface area contributed by atoms with Crippen molar-refractivity contribution in [1.82, 2.24) is 0 Å². The van der Waals surface area contributed by atoms with E-state index in [9.17, 15) is 23.5 Å². The molecule has 0 aliphatic heterocycles. The number of aliphatic carboxylic acids is 1. The number of hydrogen-bond acceptors (Lipinski definition) is 3. The van der Waals surface area contributed by atoms with E-state index in [1.807, 2.05) is 0 Å². The summed E-state index contributed by atoms with van der Waals surface area (Å²) in [6, 6.07) is 2.87. The van der Waals surface area contributed by atoms with Crippen LogP contribution in [-0.2, 0) is 9.53 Å². The van der Waals surface area contributed by atoms with E-state index in [-0.39, 0.29) is 39.2 Å². The van der Waals surface area contributed by atoms with Gasteiger partial charge in [0.1, 0.15) is 17.7 Å². The predicted molar refractivity (Wildman–Crippen MR) is 162 cm³/mol. The van der Waals surface area contributed by atoms with Crippen LogP contribution in [0, 0.1) is 74.2 Å². The lowest BCUT2D eigenvalue weighted by molar-refractivity contribution is -0.249. The van der Waals surface area contributed by atoms with Gasteiger partial charge in [-0.3, -0.25) is 4.79 Å². The second-order valence-electron chi connectivity index (χ2n) is 17.0. The fraction of sp³-hybridized carbons (Fsp3) is 0.784. The Labute approximate surface area is 256 Å². The number of carboxylic acids is 1. The van der Waals surface area contributed by atoms with Gasteiger partial charge in [0.25, 0.3) is 0 Å². The highest BCUT2D eigenvalue weighted by molar-refractivity contribution is 5.89. The van der Waals surface area contributed by atoms with Crippen molar-refractivity contribution in [2.24, 2.45) is 62.6 Å². The number of carbonyl (C=O) groups excluding carboxylic acids is 1. The normalized spacial score (nSPS) is 45.0. The van der Waals surface area contributed by atoms with Crippen molar-refractivity contribution in [2.75, 3.05) is 0 Å². The maximum Gasteiger partial charge on any atom is 0.338 e. The lowest BCUT2D eigenvalue weighted by Gasteiger charge is -2.72. The van der Waals surface area contributed by atoms with E-state index in [1.165, 1.54) is 0 Å². The maximum atomic E-state index is 13.9. The smallest absolute Gasteiger partial charge is 0.338 e. The van der Waals surface area contributed by atoms with Crippen LogP contribution in [0.2, 0.25) is 0 Å². The molecule has 0 saturated heterocycles. The fourth-order valence-corrected chi connectivity index (χ4v) is 12.8. The monoisotopic (exact) mass is 598 g/mol. The quantitative estimate of drug-likeness (QED) is 0.351. The molecule has 0 bridgehead atoms. The molecule has 4 nitrogen and oxygen atoms in total. The third kappa shape index (κ3) is 4.22. The molecular formula is C37H52F2O4. The lowest BCUT2D eigenvalue weighted by atomic mass is 9.32. The molecule has 5 saturated carbocycles. The van der Waals surface area contributed by atoms with Crippen molar-refractivity contribution in [3.63, 3.8) is 0 Å². The third-order valence-corrected chi connectivity index (χ3v) is 15.1. The number of benzene rings is 1. The van der Waals surface area contributed by atoms with Crippen LogP contribution in [-0.4, -0.2) is 23.1 Å². The van der Waals surface area contributed by atoms with Gasteiger partial charge in [-0.05, 0) is 128 Å². The van der Waals surface area contributed by atoms with Crippen molar-refractivity contribution in [3.8, 4) is 0 Å². The Hall–Kier alpha value is -1.98. The molecule has 0 radical (unpaired) electrons. The molecule has 5 aliphatic carbocycles. The number of carboxylic acid groups (broad SMARTS) is 1. The molecule has 6 rings (SSSR count). The number of carbonyl (C=O) groups is 2. The van der Waals surface area contributed by atoms with E-state index in [4.69, 9.17) is 4.74 Å². The number of fused-ring (bicyclic) bond motifs is 7. The van der Waals surface area contributed by atoms with Gasteiger partial charge < -0.3 is 9.84 Å². The summed E-state index contributed by atoms with van der Waals surface area (Å²) < 4.78 is 33.8. The summed E-state index contributed by atoms with van der Waals surface area (Å²) in [5.41, 5.74) is -0.628. The van der Waals surface area contributed by atoms with Crippen LogP contribution in [0.25, 0.3) is 0 Å². The zero-order chi connectivity index (χ0) is 31.3. The number of rotatable bonds is 4. The van der Waals surface area contributed by atoms with Crippen LogP contribution in [0.1, 0.15) is 123 Å². The van der Waals surface area contributed by atoms with Crippen LogP contribution in [0.4, 0.5) is 8.78 Å². The molecule has 1 N–H and O–H groups in total. The van der Waals surface area contributed by atoms with E-state index in [1.54, 1.807) is 0 Å². The number of hydrogen-bond donors (Lipinski definition) is 1. The zero-order valence-corrected chi connectivity index (χ0v) is 27.3. The number of esters is 1. The average Bonchev–Trinajstić information content (AvgIpc) is 3.32. The van der Waals surface area contributed by atoms with Gasteiger partial charge in [-0.1, -0.05) is 48.5 Å². The molecule has 0 amide bonds. The van der Waals surface area contributed by atoms with E-state index >= 15 is 0 Å². The SMILES string of the molecule is CC(C)C1CCC2(C(=O)O)CC[C@]3(C)[C@H](CCC4[C@@]5(C)CCC(OC(=O)c6cc(F)cc(F)c6)C(C)(C)[C@@H]5CC[C@]43C)C12. The molecule has 5 fully saturated rings. The Kier molecular flexibility index (Phi) is 7.22. The Morgan fingerprint density at radius 1 is 0.814 bits per heavy atom. The minimum absolute atomic E-state index is 0.0762. The highest BCUT2D eigenvalue weighted by Crippen LogP contribution is 2.77. The van der Waals surface area contributed by atoms with E-state index in [0.29, 0.717) is 29.6 Å². The van der Waals surface area contributed by atoms with Crippen molar-refractivity contribution < 1.29 is 28.2 Å². The summed E-state index contributed by atoms with van der Waals surface area (Å²) in [6.07, 6.45) is 9.41. The molecule has 5 aliphatic rings. The van der Waals surface area contributed by atoms with Gasteiger partial charge in [0.15, 0.2) is 0 Å². The first-order chi connectivity index (χ1) is 20.0. The zero-order valence-electron chi connectivity index (χ0n) is 27.3. The third-order valence-electron chi connectivity index (χ3n) is 15.1. The standard InChI is InChI=1S/C37H52F2O4/c1-21(2)25-10-15-37(32(41)42)17-16-35(6)26(30(25)37)8-9-28-34(5)13-12-29(33(3,4)27(34)11-14-36(28,35)7)43-31(40)22-18-23(38)20-24(39)19-22/h18-21,25-30H,8-17H2,1-7H3,(H,41,42)/t25?,26-,27+,28?,29?,30?,34+,35-,36-,37?/m1/s1. The highest BCUT2D eigenvalue weighted by atomic mass is 19.1. The summed E-state index contributed by atoms with van der Waals surface area (Å²) in [5, 5.41) is 10.6. The first-order valence-electron chi connectivity index (χ1n) is 16.9. The van der Waals surface area contributed by atoms with E-state index in [0.717, 1.165) is 82.4 Å². The van der Waals surface area contributed by atoms with Crippen LogP contribution in [0.15, 0.2) is 18.2 Å². The van der Waals surface area contributed by atoms with Crippen molar-refractivity contribution in [3.05, 3.63) is 35.4 Å². The second kappa shape index (κ2) is 10.0. The van der Waals surface area contributed by atoms with Gasteiger partial charge in [0, 0.05) is 11.5 Å². The molecule has 1 aromatic rings. The average molecular weight is 599 g/mol. The van der Waals surface area contributed by atoms with Crippen molar-refractivity contribution >= 4 is 11.9 Å². The fourth-order valence-electron chi connectivity index (χ4n) is 12.8. The molecule has 0 heterocycles. The van der Waals surface area contributed by atoms with Gasteiger partial charge in [-0.25, -0.2) is 13.6 Å². The van der Waals surface area contributed by atoms with Gasteiger partial charge in [-0.2, -0.15) is 0 Å². The molecular weight excluding hydrogens is 546 g/mol. The molecule has 1 aromatic carbocycles. The Balaban J connectivity index is 1.28. The summed E-state index contributed by atoms with van der Waals surface area (Å²) in [5.74, 6) is -0.238. The molecule has 0 spiro atoms. The summed E-state index contributed by atoms with van der Waals surface area (Å²) in [4.78, 5) is 26.0. The summed E-state index contributed by atoms with van der Waals surface area (Å²) in [7, 11) is 0. The lowest BCUT2D eigenvalue weighted by Crippen LogP contribution is -2.67. The Morgan fingerprint density at radius 3 is 2.12 bits per heavy atom. The summed E-state index contributed by atoms with van der Waals surface area (Å²) >= 11 is 0. The van der Waals surface area contributed by atoms with Crippen LogP contribution >= 0.6 is 0 Å². The van der Waals surface area contributed by atoms with Crippen molar-refractivity contribution in [1.29, 1.82) is 0 Å². The minimum Gasteiger partial charge on any atom is -0.481 e. The topological polar surface area (TPSA) is 63.6 Å². The summed E-state index contributed by atoms with van der Waals surface area (Å²) in [6.45, 7) is 16.6. The van der Waals surface area contributed by atoms with Crippen LogP contribution in [0.5, 0.6) is 0 Å². The van der Waals surface area contributed by atoms with Crippen molar-refractivity contribution in [2.45, 2.75) is 119 Å². The molecule has 6 heteroatoms. The molecule has 5 unspecified atom stereocenters. The molecule has 10 atom stereocenters. The Bertz CT molecular complexity index is 1290. The molecule has 238 valence electrons. The number of halogens is 2. The van der Waals surface area contributed by atoms with Crippen LogP contribution in [0.3, 0.4) is 0 Å². The first kappa shape index (κ1) is 31.0. The maximum absolute atomic E-state index is 13.9. The van der Waals surface area contributed by atoms with E-state index in [2.05, 4.69) is 48.5 Å². The largest absolute Gasteiger partial charge is 0.481 e.